The van der Waals surface area contributed by atoms with Gasteiger partial charge in [-0.15, -0.1) is 11.3 Å². The summed E-state index contributed by atoms with van der Waals surface area (Å²) in [6.45, 7) is 2.12. The van der Waals surface area contributed by atoms with Crippen LogP contribution in [0.1, 0.15) is 10.4 Å². The Morgan fingerprint density at radius 3 is 3.24 bits per heavy atom. The topological polar surface area (TPSA) is 28.2 Å². The van der Waals surface area contributed by atoms with Crippen LogP contribution in [-0.4, -0.2) is 18.6 Å². The number of nitrogens with zero attached hydrogens (tertiary/aromatic N) is 2. The Morgan fingerprint density at radius 1 is 1.41 bits per heavy atom. The Kier molecular flexibility index (Phi) is 2.73. The van der Waals surface area contributed by atoms with Crippen molar-refractivity contribution < 1.29 is 0 Å². The van der Waals surface area contributed by atoms with Crippen molar-refractivity contribution in [3.63, 3.8) is 0 Å². The maximum atomic E-state index is 4.25. The molecule has 1 aliphatic heterocycles. The molecule has 0 saturated heterocycles. The molecule has 3 heterocycles. The normalized spacial score (nSPS) is 14.5. The maximum Gasteiger partial charge on any atom is 0.127 e. The number of thiophene rings is 1. The van der Waals surface area contributed by atoms with Gasteiger partial charge in [0.1, 0.15) is 5.82 Å². The molecule has 17 heavy (non-hydrogen) atoms. The largest absolute Gasteiger partial charge is 0.373 e. The lowest BCUT2D eigenvalue weighted by molar-refractivity contribution is 0.743. The van der Waals surface area contributed by atoms with Crippen molar-refractivity contribution in [1.82, 2.24) is 4.98 Å². The molecule has 0 fully saturated rings. The van der Waals surface area contributed by atoms with Crippen LogP contribution in [0.3, 0.4) is 0 Å². The van der Waals surface area contributed by atoms with Gasteiger partial charge in [0.2, 0.25) is 0 Å². The summed E-state index contributed by atoms with van der Waals surface area (Å²) >= 11 is 1.88. The molecule has 1 N–H and O–H groups in total. The third-order valence-electron chi connectivity index (χ3n) is 3.17. The van der Waals surface area contributed by atoms with Crippen LogP contribution in [0.15, 0.2) is 29.8 Å². The van der Waals surface area contributed by atoms with E-state index in [1.807, 2.05) is 24.6 Å². The van der Waals surface area contributed by atoms with Crippen molar-refractivity contribution in [2.75, 3.05) is 23.8 Å². The third-order valence-corrected chi connectivity index (χ3v) is 4.20. The first-order chi connectivity index (χ1) is 8.36. The number of pyridine rings is 1. The molecule has 0 saturated carbocycles. The van der Waals surface area contributed by atoms with Gasteiger partial charge in [-0.3, -0.25) is 0 Å². The predicted molar refractivity (Wildman–Crippen MR) is 72.9 cm³/mol. The van der Waals surface area contributed by atoms with Crippen LogP contribution in [0.2, 0.25) is 0 Å². The van der Waals surface area contributed by atoms with Crippen molar-refractivity contribution >= 4 is 22.8 Å². The van der Waals surface area contributed by atoms with E-state index in [0.717, 1.165) is 25.3 Å². The highest BCUT2D eigenvalue weighted by Gasteiger charge is 2.17. The zero-order valence-corrected chi connectivity index (χ0v) is 10.6. The van der Waals surface area contributed by atoms with Crippen LogP contribution < -0.4 is 10.2 Å². The summed E-state index contributed by atoms with van der Waals surface area (Å²) < 4.78 is 0. The lowest BCUT2D eigenvalue weighted by atomic mass is 10.1. The van der Waals surface area contributed by atoms with E-state index in [-0.39, 0.29) is 0 Å². The Labute approximate surface area is 105 Å². The molecule has 1 aliphatic rings. The molecule has 0 atom stereocenters. The first-order valence-electron chi connectivity index (χ1n) is 5.81. The molecule has 88 valence electrons. The van der Waals surface area contributed by atoms with E-state index in [4.69, 9.17) is 0 Å². The van der Waals surface area contributed by atoms with E-state index in [0.29, 0.717) is 0 Å². The zero-order valence-electron chi connectivity index (χ0n) is 9.81. The molecule has 4 heteroatoms. The minimum Gasteiger partial charge on any atom is -0.373 e. The van der Waals surface area contributed by atoms with Crippen LogP contribution in [0.25, 0.3) is 0 Å². The maximum absolute atomic E-state index is 4.25. The highest BCUT2D eigenvalue weighted by atomic mass is 32.1. The standard InChI is InChI=1S/C13H15N3S/c1-14-13-8-11(2-5-15-13)16-6-3-12-10(9-16)4-7-17-12/h2,4-5,7-8H,3,6,9H2,1H3,(H,14,15). The molecular weight excluding hydrogens is 230 g/mol. The molecule has 0 unspecified atom stereocenters. The van der Waals surface area contributed by atoms with Crippen molar-refractivity contribution in [2.24, 2.45) is 0 Å². The molecule has 0 aromatic carbocycles. The van der Waals surface area contributed by atoms with Crippen LogP contribution >= 0.6 is 11.3 Å². The van der Waals surface area contributed by atoms with E-state index in [2.05, 4.69) is 38.8 Å². The fourth-order valence-electron chi connectivity index (χ4n) is 2.22. The van der Waals surface area contributed by atoms with Gasteiger partial charge in [-0.2, -0.15) is 0 Å². The SMILES string of the molecule is CNc1cc(N2CCc3sccc3C2)ccn1. The zero-order chi connectivity index (χ0) is 11.7. The second kappa shape index (κ2) is 4.37. The minimum atomic E-state index is 0.929. The molecule has 0 aliphatic carbocycles. The van der Waals surface area contributed by atoms with Gasteiger partial charge in [0.25, 0.3) is 0 Å². The molecule has 0 bridgehead atoms. The second-order valence-electron chi connectivity index (χ2n) is 4.19. The van der Waals surface area contributed by atoms with Gasteiger partial charge in [-0.25, -0.2) is 4.98 Å². The molecule has 0 radical (unpaired) electrons. The average Bonchev–Trinajstić information content (AvgIpc) is 2.86. The van der Waals surface area contributed by atoms with E-state index in [1.54, 1.807) is 4.88 Å². The first-order valence-corrected chi connectivity index (χ1v) is 6.69. The molecule has 3 nitrogen and oxygen atoms in total. The van der Waals surface area contributed by atoms with Crippen molar-refractivity contribution in [3.8, 4) is 0 Å². The van der Waals surface area contributed by atoms with Crippen molar-refractivity contribution in [1.29, 1.82) is 0 Å². The van der Waals surface area contributed by atoms with E-state index in [9.17, 15) is 0 Å². The number of aromatic nitrogens is 1. The van der Waals surface area contributed by atoms with Gasteiger partial charge in [0.05, 0.1) is 0 Å². The Hall–Kier alpha value is -1.55. The van der Waals surface area contributed by atoms with Crippen LogP contribution in [0.5, 0.6) is 0 Å². The molecule has 2 aromatic heterocycles. The predicted octanol–water partition coefficient (Wildman–Crippen LogP) is 2.75. The quantitative estimate of drug-likeness (QED) is 0.881. The number of hydrogen-bond donors (Lipinski definition) is 1. The summed E-state index contributed by atoms with van der Waals surface area (Å²) in [5, 5.41) is 5.28. The molecule has 0 spiro atoms. The minimum absolute atomic E-state index is 0.929. The fourth-order valence-corrected chi connectivity index (χ4v) is 3.11. The number of fused-ring (bicyclic) bond motifs is 1. The Bertz CT molecular complexity index is 521. The van der Waals surface area contributed by atoms with Gasteiger partial charge in [-0.1, -0.05) is 0 Å². The van der Waals surface area contributed by atoms with Crippen LogP contribution in [0.4, 0.5) is 11.5 Å². The lowest BCUT2D eigenvalue weighted by Gasteiger charge is -2.29. The Balaban J connectivity index is 1.86. The van der Waals surface area contributed by atoms with Gasteiger partial charge in [0.15, 0.2) is 0 Å². The summed E-state index contributed by atoms with van der Waals surface area (Å²) in [7, 11) is 1.90. The van der Waals surface area contributed by atoms with Gasteiger partial charge in [0, 0.05) is 43.0 Å². The van der Waals surface area contributed by atoms with Crippen molar-refractivity contribution in [3.05, 3.63) is 40.2 Å². The van der Waals surface area contributed by atoms with Crippen LogP contribution in [0, 0.1) is 0 Å². The summed E-state index contributed by atoms with van der Waals surface area (Å²) in [6.07, 6.45) is 3.02. The summed E-state index contributed by atoms with van der Waals surface area (Å²) in [4.78, 5) is 8.21. The summed E-state index contributed by atoms with van der Waals surface area (Å²) in [5.74, 6) is 0.929. The Morgan fingerprint density at radius 2 is 2.35 bits per heavy atom. The highest BCUT2D eigenvalue weighted by Crippen LogP contribution is 2.28. The molecule has 2 aromatic rings. The van der Waals surface area contributed by atoms with Gasteiger partial charge < -0.3 is 10.2 Å². The van der Waals surface area contributed by atoms with E-state index < -0.39 is 0 Å². The monoisotopic (exact) mass is 245 g/mol. The number of nitrogens with one attached hydrogen (secondary N) is 1. The van der Waals surface area contributed by atoms with Crippen molar-refractivity contribution in [2.45, 2.75) is 13.0 Å². The number of anilines is 2. The third kappa shape index (κ3) is 2.00. The number of hydrogen-bond acceptors (Lipinski definition) is 4. The van der Waals surface area contributed by atoms with Gasteiger partial charge >= 0.3 is 0 Å². The second-order valence-corrected chi connectivity index (χ2v) is 5.19. The molecule has 0 amide bonds. The average molecular weight is 245 g/mol. The van der Waals surface area contributed by atoms with E-state index >= 15 is 0 Å². The fraction of sp³-hybridized carbons (Fsp3) is 0.308. The summed E-state index contributed by atoms with van der Waals surface area (Å²) in [5.41, 5.74) is 2.73. The lowest BCUT2D eigenvalue weighted by Crippen LogP contribution is -2.29. The molecular formula is C13H15N3S. The highest BCUT2D eigenvalue weighted by molar-refractivity contribution is 7.10. The van der Waals surface area contributed by atoms with Gasteiger partial charge in [-0.05, 0) is 29.5 Å². The van der Waals surface area contributed by atoms with E-state index in [1.165, 1.54) is 11.3 Å². The first kappa shape index (κ1) is 10.6. The molecule has 3 rings (SSSR count). The van der Waals surface area contributed by atoms with Crippen LogP contribution in [-0.2, 0) is 13.0 Å². The summed E-state index contributed by atoms with van der Waals surface area (Å²) in [6, 6.07) is 6.43. The number of rotatable bonds is 2. The smallest absolute Gasteiger partial charge is 0.127 e.